The molecule has 0 radical (unpaired) electrons. The van der Waals surface area contributed by atoms with E-state index in [1.54, 1.807) is 0 Å². The van der Waals surface area contributed by atoms with Gasteiger partial charge in [-0.2, -0.15) is 0 Å². The molecule has 3 aromatic carbocycles. The Morgan fingerprint density at radius 1 is 0.657 bits per heavy atom. The summed E-state index contributed by atoms with van der Waals surface area (Å²) < 4.78 is 21.9. The van der Waals surface area contributed by atoms with Crippen LogP contribution in [0.15, 0.2) is 103 Å². The summed E-state index contributed by atoms with van der Waals surface area (Å²) in [5.41, 5.74) is -2.11. The first-order chi connectivity index (χ1) is 16.5. The van der Waals surface area contributed by atoms with Crippen LogP contribution in [0.5, 0.6) is 0 Å². The summed E-state index contributed by atoms with van der Waals surface area (Å²) in [6, 6.07) is 31.7. The van der Waals surface area contributed by atoms with Crippen molar-refractivity contribution in [1.29, 1.82) is 0 Å². The van der Waals surface area contributed by atoms with Gasteiger partial charge in [-0.1, -0.05) is 0 Å². The summed E-state index contributed by atoms with van der Waals surface area (Å²) in [6.45, 7) is 10.7. The zero-order chi connectivity index (χ0) is 25.4. The first-order valence-electron chi connectivity index (χ1n) is 12.4. The van der Waals surface area contributed by atoms with Gasteiger partial charge in [-0.05, 0) is 0 Å². The van der Waals surface area contributed by atoms with Gasteiger partial charge in [-0.15, -0.1) is 0 Å². The molecule has 0 spiro atoms. The van der Waals surface area contributed by atoms with E-state index in [-0.39, 0.29) is 0 Å². The molecular weight excluding hydrogens is 451 g/mol. The van der Waals surface area contributed by atoms with Crippen LogP contribution >= 0.6 is 6.83 Å². The molecule has 1 saturated heterocycles. The van der Waals surface area contributed by atoms with E-state index >= 15 is 0 Å². The van der Waals surface area contributed by atoms with Gasteiger partial charge in [-0.25, -0.2) is 0 Å². The molecule has 186 valence electrons. The molecule has 1 fully saturated rings. The molecule has 3 aromatic rings. The van der Waals surface area contributed by atoms with Gasteiger partial charge in [0.2, 0.25) is 0 Å². The van der Waals surface area contributed by atoms with E-state index in [0.29, 0.717) is 0 Å². The predicted molar refractivity (Wildman–Crippen MR) is 149 cm³/mol. The molecule has 35 heavy (non-hydrogen) atoms. The van der Waals surface area contributed by atoms with Crippen LogP contribution in [0.3, 0.4) is 0 Å². The van der Waals surface area contributed by atoms with E-state index < -0.39 is 29.7 Å². The van der Waals surface area contributed by atoms with Crippen LogP contribution in [0.4, 0.5) is 0 Å². The molecule has 0 amide bonds. The number of benzene rings is 3. The fraction of sp³-hybridized carbons (Fsp3) is 0.355. The van der Waals surface area contributed by atoms with Crippen LogP contribution in [-0.2, 0) is 14.0 Å². The van der Waals surface area contributed by atoms with Crippen LogP contribution in [0.25, 0.3) is 0 Å². The average Bonchev–Trinajstić information content (AvgIpc) is 2.81. The zero-order valence-electron chi connectivity index (χ0n) is 22.1. The van der Waals surface area contributed by atoms with Crippen LogP contribution in [0.1, 0.15) is 48.5 Å². The number of rotatable bonds is 6. The number of ether oxygens (including phenoxy) is 2. The van der Waals surface area contributed by atoms with Gasteiger partial charge in [0.15, 0.2) is 0 Å². The second-order valence-corrected chi connectivity index (χ2v) is 15.6. The SMILES string of the molecule is C/C=C/C1OP(c2ccccc2)(c2ccccc2)(c2ccccc2)C1(OC(C)(C)C)OC(C)(C)C. The van der Waals surface area contributed by atoms with Crippen molar-refractivity contribution in [3.63, 3.8) is 0 Å². The quantitative estimate of drug-likeness (QED) is 0.219. The van der Waals surface area contributed by atoms with E-state index in [0.717, 1.165) is 15.9 Å². The number of hydrogen-bond acceptors (Lipinski definition) is 3. The maximum atomic E-state index is 7.41. The molecular formula is C31H39O3P. The zero-order valence-corrected chi connectivity index (χ0v) is 23.0. The normalized spacial score (nSPS) is 22.1. The summed E-state index contributed by atoms with van der Waals surface area (Å²) in [4.78, 5) is 0. The second-order valence-electron chi connectivity index (χ2n) is 11.2. The van der Waals surface area contributed by atoms with Crippen molar-refractivity contribution in [2.45, 2.75) is 71.3 Å². The Morgan fingerprint density at radius 2 is 1.00 bits per heavy atom. The summed E-state index contributed by atoms with van der Waals surface area (Å²) in [7, 11) is 0. The Kier molecular flexibility index (Phi) is 6.62. The van der Waals surface area contributed by atoms with Crippen molar-refractivity contribution < 1.29 is 14.0 Å². The van der Waals surface area contributed by atoms with E-state index in [2.05, 4.69) is 120 Å². The molecule has 1 atom stereocenters. The summed E-state index contributed by atoms with van der Waals surface area (Å²) >= 11 is 0. The van der Waals surface area contributed by atoms with Crippen molar-refractivity contribution in [3.8, 4) is 0 Å². The summed E-state index contributed by atoms with van der Waals surface area (Å²) in [5.74, 6) is 0. The van der Waals surface area contributed by atoms with Gasteiger partial charge in [0.25, 0.3) is 0 Å². The number of allylic oxidation sites excluding steroid dienone is 1. The monoisotopic (exact) mass is 490 g/mol. The van der Waals surface area contributed by atoms with E-state index in [4.69, 9.17) is 14.0 Å². The Balaban J connectivity index is 2.27. The maximum absolute atomic E-state index is 7.41. The summed E-state index contributed by atoms with van der Waals surface area (Å²) in [5, 5.41) is 3.26. The van der Waals surface area contributed by atoms with Crippen molar-refractivity contribution >= 4 is 22.7 Å². The first-order valence-corrected chi connectivity index (χ1v) is 14.5. The molecule has 1 aliphatic heterocycles. The predicted octanol–water partition coefficient (Wildman–Crippen LogP) is 6.69. The van der Waals surface area contributed by atoms with Gasteiger partial charge in [0.1, 0.15) is 0 Å². The van der Waals surface area contributed by atoms with Crippen molar-refractivity contribution in [3.05, 3.63) is 103 Å². The topological polar surface area (TPSA) is 27.7 Å². The molecule has 0 bridgehead atoms. The molecule has 0 aromatic heterocycles. The first kappa shape index (κ1) is 25.8. The Morgan fingerprint density at radius 3 is 1.29 bits per heavy atom. The fourth-order valence-electron chi connectivity index (χ4n) is 5.39. The summed E-state index contributed by atoms with van der Waals surface area (Å²) in [6.07, 6.45) is 3.71. The standard InChI is InChI=1S/C31H39O3P/c1-8-18-28-31(33-29(2,3)4,34-30(5,6)7)35(32-28,25-19-12-9-13-20-25,26-21-14-10-15-22-26)27-23-16-11-17-24-27/h8-24,28H,1-7H3/b18-8+. The third-order valence-corrected chi connectivity index (χ3v) is 12.4. The van der Waals surface area contributed by atoms with Gasteiger partial charge in [-0.3, -0.25) is 0 Å². The molecule has 0 N–H and O–H groups in total. The Bertz CT molecular complexity index is 1040. The molecule has 0 aliphatic carbocycles. The Hall–Kier alpha value is -2.29. The average molecular weight is 491 g/mol. The molecule has 1 aliphatic rings. The van der Waals surface area contributed by atoms with Crippen molar-refractivity contribution in [1.82, 2.24) is 0 Å². The minimum atomic E-state index is -3.85. The van der Waals surface area contributed by atoms with Crippen molar-refractivity contribution in [2.24, 2.45) is 0 Å². The number of hydrogen-bond donors (Lipinski definition) is 0. The van der Waals surface area contributed by atoms with Crippen LogP contribution in [0, 0.1) is 0 Å². The third-order valence-electron chi connectivity index (χ3n) is 6.30. The second kappa shape index (κ2) is 8.98. The third kappa shape index (κ3) is 3.90. The van der Waals surface area contributed by atoms with Crippen molar-refractivity contribution in [2.75, 3.05) is 0 Å². The van der Waals surface area contributed by atoms with E-state index in [1.807, 2.05) is 31.2 Å². The van der Waals surface area contributed by atoms with Gasteiger partial charge >= 0.3 is 211 Å². The van der Waals surface area contributed by atoms with Gasteiger partial charge < -0.3 is 0 Å². The molecule has 4 heteroatoms. The molecule has 1 heterocycles. The fourth-order valence-corrected chi connectivity index (χ4v) is 12.1. The molecule has 3 nitrogen and oxygen atoms in total. The van der Waals surface area contributed by atoms with Gasteiger partial charge in [0.05, 0.1) is 0 Å². The molecule has 1 unspecified atom stereocenters. The Labute approximate surface area is 211 Å². The van der Waals surface area contributed by atoms with Crippen LogP contribution < -0.4 is 15.9 Å². The van der Waals surface area contributed by atoms with Gasteiger partial charge in [0, 0.05) is 0 Å². The van der Waals surface area contributed by atoms with Crippen LogP contribution in [-0.4, -0.2) is 22.8 Å². The minimum absolute atomic E-state index is 0.399. The van der Waals surface area contributed by atoms with E-state index in [9.17, 15) is 0 Å². The van der Waals surface area contributed by atoms with Crippen LogP contribution in [0.2, 0.25) is 0 Å². The molecule has 0 saturated carbocycles. The molecule has 4 rings (SSSR count). The van der Waals surface area contributed by atoms with E-state index in [1.165, 1.54) is 0 Å².